The minimum atomic E-state index is -0.424. The van der Waals surface area contributed by atoms with Gasteiger partial charge in [0.15, 0.2) is 0 Å². The Bertz CT molecular complexity index is 735. The number of nitrogens with one attached hydrogen (secondary N) is 2. The molecular weight excluding hydrogens is 337 g/mol. The fourth-order valence-corrected chi connectivity index (χ4v) is 2.46. The Morgan fingerprint density at radius 3 is 2.57 bits per heavy atom. The fourth-order valence-electron chi connectivity index (χ4n) is 1.96. The summed E-state index contributed by atoms with van der Waals surface area (Å²) in [7, 11) is 0. The second-order valence-corrected chi connectivity index (χ2v) is 5.69. The van der Waals surface area contributed by atoms with Gasteiger partial charge in [-0.05, 0) is 35.9 Å². The molecule has 0 atom stereocenters. The minimum absolute atomic E-state index is 0.0942. The van der Waals surface area contributed by atoms with E-state index < -0.39 is 5.91 Å². The van der Waals surface area contributed by atoms with Crippen LogP contribution in [0, 0.1) is 0 Å². The van der Waals surface area contributed by atoms with Crippen molar-refractivity contribution in [1.82, 2.24) is 5.32 Å². The van der Waals surface area contributed by atoms with Gasteiger partial charge in [-0.25, -0.2) is 0 Å². The third-order valence-electron chi connectivity index (χ3n) is 2.99. The number of hydrogen-bond donors (Lipinski definition) is 3. The van der Waals surface area contributed by atoms with E-state index in [0.717, 1.165) is 5.56 Å². The number of hydrogen-bond acceptors (Lipinski definition) is 3. The van der Waals surface area contributed by atoms with Gasteiger partial charge in [0.25, 0.3) is 5.91 Å². The van der Waals surface area contributed by atoms with Crippen molar-refractivity contribution in [2.24, 2.45) is 5.73 Å². The zero-order valence-electron chi connectivity index (χ0n) is 12.1. The molecule has 4 N–H and O–H groups in total. The molecule has 2 rings (SSSR count). The number of nitrogens with two attached hydrogens (primary N) is 1. The number of benzene rings is 2. The maximum absolute atomic E-state index is 12.2. The van der Waals surface area contributed by atoms with Crippen LogP contribution in [0.1, 0.15) is 15.9 Å². The molecule has 120 valence electrons. The van der Waals surface area contributed by atoms with Crippen molar-refractivity contribution < 1.29 is 9.59 Å². The zero-order chi connectivity index (χ0) is 16.8. The molecule has 0 heterocycles. The van der Waals surface area contributed by atoms with Crippen molar-refractivity contribution >= 4 is 40.7 Å². The van der Waals surface area contributed by atoms with Gasteiger partial charge in [-0.15, -0.1) is 0 Å². The number of carbonyl (C=O) groups is 2. The molecule has 0 unspecified atom stereocenters. The normalized spacial score (nSPS) is 10.3. The van der Waals surface area contributed by atoms with Crippen LogP contribution in [0.2, 0.25) is 10.0 Å². The first-order valence-electron chi connectivity index (χ1n) is 6.80. The average molecular weight is 352 g/mol. The Morgan fingerprint density at radius 1 is 1.09 bits per heavy atom. The number of primary amides is 1. The van der Waals surface area contributed by atoms with E-state index in [1.54, 1.807) is 30.3 Å². The van der Waals surface area contributed by atoms with Crippen LogP contribution in [0.5, 0.6) is 0 Å². The van der Waals surface area contributed by atoms with Gasteiger partial charge in [-0.2, -0.15) is 0 Å². The van der Waals surface area contributed by atoms with Crippen LogP contribution >= 0.6 is 23.2 Å². The lowest BCUT2D eigenvalue weighted by Gasteiger charge is -2.09. The molecule has 0 aromatic heterocycles. The topological polar surface area (TPSA) is 84.2 Å². The van der Waals surface area contributed by atoms with Crippen molar-refractivity contribution in [2.75, 3.05) is 11.9 Å². The molecule has 2 aromatic carbocycles. The first kappa shape index (κ1) is 17.3. The second kappa shape index (κ2) is 7.97. The van der Waals surface area contributed by atoms with Crippen molar-refractivity contribution in [2.45, 2.75) is 6.54 Å². The summed E-state index contributed by atoms with van der Waals surface area (Å²) in [5.74, 6) is -0.749. The summed E-state index contributed by atoms with van der Waals surface area (Å²) in [5.41, 5.74) is 6.94. The van der Waals surface area contributed by atoms with Gasteiger partial charge in [-0.1, -0.05) is 35.3 Å². The lowest BCUT2D eigenvalue weighted by atomic mass is 10.1. The Balaban J connectivity index is 2.04. The molecule has 0 aliphatic heterocycles. The first-order valence-corrected chi connectivity index (χ1v) is 7.55. The molecule has 0 saturated heterocycles. The van der Waals surface area contributed by atoms with Crippen LogP contribution < -0.4 is 16.4 Å². The zero-order valence-corrected chi connectivity index (χ0v) is 13.6. The quantitative estimate of drug-likeness (QED) is 0.747. The maximum Gasteiger partial charge on any atom is 0.257 e. The van der Waals surface area contributed by atoms with Gasteiger partial charge in [0.1, 0.15) is 0 Å². The molecule has 0 aliphatic rings. The van der Waals surface area contributed by atoms with E-state index in [1.807, 2.05) is 6.07 Å². The molecule has 0 radical (unpaired) electrons. The lowest BCUT2D eigenvalue weighted by molar-refractivity contribution is -0.117. The first-order chi connectivity index (χ1) is 11.0. The molecular formula is C16H15Cl2N3O2. The molecule has 2 aromatic rings. The van der Waals surface area contributed by atoms with Crippen LogP contribution in [0.4, 0.5) is 5.69 Å². The van der Waals surface area contributed by atoms with Crippen LogP contribution in [0.25, 0.3) is 0 Å². The Morgan fingerprint density at radius 2 is 1.87 bits per heavy atom. The maximum atomic E-state index is 12.2. The summed E-state index contributed by atoms with van der Waals surface area (Å²) in [6.45, 7) is 0.561. The van der Waals surface area contributed by atoms with Crippen molar-refractivity contribution in [3.05, 3.63) is 63.6 Å². The molecule has 7 heteroatoms. The van der Waals surface area contributed by atoms with Gasteiger partial charge < -0.3 is 16.4 Å². The highest BCUT2D eigenvalue weighted by Gasteiger charge is 2.11. The van der Waals surface area contributed by atoms with E-state index in [0.29, 0.717) is 22.8 Å². The molecule has 5 nitrogen and oxygen atoms in total. The predicted octanol–water partition coefficient (Wildman–Crippen LogP) is 2.82. The summed E-state index contributed by atoms with van der Waals surface area (Å²) in [4.78, 5) is 22.9. The molecule has 0 aliphatic carbocycles. The van der Waals surface area contributed by atoms with E-state index in [1.165, 1.54) is 6.07 Å². The number of anilines is 1. The van der Waals surface area contributed by atoms with Crippen LogP contribution in [0.3, 0.4) is 0 Å². The molecule has 0 spiro atoms. The summed E-state index contributed by atoms with van der Waals surface area (Å²) >= 11 is 11.8. The van der Waals surface area contributed by atoms with E-state index in [-0.39, 0.29) is 17.5 Å². The highest BCUT2D eigenvalue weighted by Crippen LogP contribution is 2.22. The third-order valence-corrected chi connectivity index (χ3v) is 3.54. The third kappa shape index (κ3) is 5.25. The Labute approximate surface area is 143 Å². The smallest absolute Gasteiger partial charge is 0.257 e. The summed E-state index contributed by atoms with van der Waals surface area (Å²) < 4.78 is 0. The van der Waals surface area contributed by atoms with Gasteiger partial charge in [0.05, 0.1) is 17.1 Å². The van der Waals surface area contributed by atoms with Gasteiger partial charge in [0.2, 0.25) is 5.91 Å². The van der Waals surface area contributed by atoms with Gasteiger partial charge in [-0.3, -0.25) is 9.59 Å². The molecule has 0 saturated carbocycles. The van der Waals surface area contributed by atoms with Crippen LogP contribution in [-0.4, -0.2) is 18.4 Å². The Kier molecular flexibility index (Phi) is 5.98. The van der Waals surface area contributed by atoms with Crippen LogP contribution in [-0.2, 0) is 11.3 Å². The highest BCUT2D eigenvalue weighted by molar-refractivity contribution is 6.37. The largest absolute Gasteiger partial charge is 0.369 e. The van der Waals surface area contributed by atoms with E-state index in [2.05, 4.69) is 10.6 Å². The fraction of sp³-hybridized carbons (Fsp3) is 0.125. The average Bonchev–Trinajstić information content (AvgIpc) is 2.47. The SMILES string of the molecule is NC(=O)CNCc1cccc(NC(=O)c2ccc(Cl)cc2Cl)c1. The van der Waals surface area contributed by atoms with E-state index in [4.69, 9.17) is 28.9 Å². The summed E-state index contributed by atoms with van der Waals surface area (Å²) in [6, 6.07) is 11.9. The number of rotatable bonds is 6. The molecule has 23 heavy (non-hydrogen) atoms. The number of carbonyl (C=O) groups excluding carboxylic acids is 2. The van der Waals surface area contributed by atoms with E-state index >= 15 is 0 Å². The minimum Gasteiger partial charge on any atom is -0.369 e. The molecule has 0 bridgehead atoms. The monoisotopic (exact) mass is 351 g/mol. The van der Waals surface area contributed by atoms with Gasteiger partial charge >= 0.3 is 0 Å². The van der Waals surface area contributed by atoms with Gasteiger partial charge in [0, 0.05) is 17.3 Å². The van der Waals surface area contributed by atoms with Crippen molar-refractivity contribution in [3.8, 4) is 0 Å². The molecule has 2 amide bonds. The number of halogens is 2. The number of amides is 2. The highest BCUT2D eigenvalue weighted by atomic mass is 35.5. The predicted molar refractivity (Wildman–Crippen MR) is 91.8 cm³/mol. The lowest BCUT2D eigenvalue weighted by Crippen LogP contribution is -2.28. The van der Waals surface area contributed by atoms with E-state index in [9.17, 15) is 9.59 Å². The van der Waals surface area contributed by atoms with Crippen LogP contribution in [0.15, 0.2) is 42.5 Å². The standard InChI is InChI=1S/C16H15Cl2N3O2/c17-11-4-5-13(14(18)7-11)16(23)21-12-3-1-2-10(6-12)8-20-9-15(19)22/h1-7,20H,8-9H2,(H2,19,22)(H,21,23). The molecule has 0 fully saturated rings. The summed E-state index contributed by atoms with van der Waals surface area (Å²) in [5, 5.41) is 6.43. The summed E-state index contributed by atoms with van der Waals surface area (Å²) in [6.07, 6.45) is 0. The van der Waals surface area contributed by atoms with Crippen molar-refractivity contribution in [1.29, 1.82) is 0 Å². The Hall–Kier alpha value is -2.08. The second-order valence-electron chi connectivity index (χ2n) is 4.85. The van der Waals surface area contributed by atoms with Crippen molar-refractivity contribution in [3.63, 3.8) is 0 Å².